The lowest BCUT2D eigenvalue weighted by Crippen LogP contribution is -2.35. The molecule has 0 aliphatic carbocycles. The third-order valence-corrected chi connectivity index (χ3v) is 3.03. The molecule has 0 spiro atoms. The van der Waals surface area contributed by atoms with Gasteiger partial charge in [0.15, 0.2) is 0 Å². The number of nitrogens with two attached hydrogens (primary N) is 2. The van der Waals surface area contributed by atoms with Gasteiger partial charge in [-0.1, -0.05) is 13.8 Å². The maximum absolute atomic E-state index is 11.6. The van der Waals surface area contributed by atoms with E-state index in [1.807, 2.05) is 20.2 Å². The van der Waals surface area contributed by atoms with Crippen LogP contribution in [0.1, 0.15) is 24.2 Å². The van der Waals surface area contributed by atoms with Crippen molar-refractivity contribution >= 4 is 17.3 Å². The molecule has 0 fully saturated rings. The highest BCUT2D eigenvalue weighted by atomic mass is 16.1. The monoisotopic (exact) mass is 278 g/mol. The Hall–Kier alpha value is -1.75. The van der Waals surface area contributed by atoms with Gasteiger partial charge in [0, 0.05) is 25.3 Å². The van der Waals surface area contributed by atoms with Crippen LogP contribution >= 0.6 is 0 Å². The molecule has 1 aromatic rings. The van der Waals surface area contributed by atoms with Gasteiger partial charge in [-0.3, -0.25) is 4.79 Å². The second kappa shape index (κ2) is 7.14. The van der Waals surface area contributed by atoms with Crippen LogP contribution in [0.2, 0.25) is 0 Å². The van der Waals surface area contributed by atoms with Crippen molar-refractivity contribution in [2.45, 2.75) is 13.8 Å². The maximum Gasteiger partial charge on any atom is 0.250 e. The molecule has 0 aromatic heterocycles. The van der Waals surface area contributed by atoms with Crippen molar-refractivity contribution in [2.75, 3.05) is 44.4 Å². The van der Waals surface area contributed by atoms with Gasteiger partial charge in [0.05, 0.1) is 11.3 Å². The molecule has 0 aliphatic heterocycles. The second-order valence-electron chi connectivity index (χ2n) is 5.78. The Labute approximate surface area is 121 Å². The number of hydrogen-bond acceptors (Lipinski definition) is 4. The standard InChI is InChI=1S/C15H26N4O/c1-11(2)10-19(8-7-18(3)4)14-9-12(16)5-6-13(14)15(17)20/h5-6,9,11H,7-8,10,16H2,1-4H3,(H2,17,20). The van der Waals surface area contributed by atoms with Crippen LogP contribution in [-0.2, 0) is 0 Å². The molecule has 1 amide bonds. The average molecular weight is 278 g/mol. The molecule has 0 bridgehead atoms. The number of nitrogens with zero attached hydrogens (tertiary/aromatic N) is 2. The van der Waals surface area contributed by atoms with E-state index in [1.165, 1.54) is 0 Å². The van der Waals surface area contributed by atoms with Crippen LogP contribution in [0.15, 0.2) is 18.2 Å². The molecule has 4 N–H and O–H groups in total. The fraction of sp³-hybridized carbons (Fsp3) is 0.533. The summed E-state index contributed by atoms with van der Waals surface area (Å²) in [5.74, 6) is 0.0675. The van der Waals surface area contributed by atoms with Crippen molar-refractivity contribution in [1.82, 2.24) is 4.90 Å². The van der Waals surface area contributed by atoms with E-state index < -0.39 is 5.91 Å². The first-order chi connectivity index (χ1) is 9.31. The molecule has 0 heterocycles. The lowest BCUT2D eigenvalue weighted by atomic mass is 10.1. The van der Waals surface area contributed by atoms with E-state index in [1.54, 1.807) is 12.1 Å². The summed E-state index contributed by atoms with van der Waals surface area (Å²) < 4.78 is 0. The van der Waals surface area contributed by atoms with Crippen LogP contribution in [0.4, 0.5) is 11.4 Å². The third-order valence-electron chi connectivity index (χ3n) is 3.03. The molecular formula is C15H26N4O. The van der Waals surface area contributed by atoms with Gasteiger partial charge in [0.1, 0.15) is 0 Å². The van der Waals surface area contributed by atoms with Crippen LogP contribution < -0.4 is 16.4 Å². The van der Waals surface area contributed by atoms with Crippen molar-refractivity contribution in [2.24, 2.45) is 11.7 Å². The molecule has 0 aliphatic rings. The Kier molecular flexibility index (Phi) is 5.82. The average Bonchev–Trinajstić information content (AvgIpc) is 2.33. The van der Waals surface area contributed by atoms with Gasteiger partial charge in [-0.05, 0) is 38.2 Å². The molecule has 0 atom stereocenters. The molecule has 5 heteroatoms. The Morgan fingerprint density at radius 3 is 2.40 bits per heavy atom. The minimum atomic E-state index is -0.418. The van der Waals surface area contributed by atoms with E-state index in [2.05, 4.69) is 23.6 Å². The number of hydrogen-bond donors (Lipinski definition) is 2. The zero-order valence-electron chi connectivity index (χ0n) is 12.9. The number of anilines is 2. The lowest BCUT2D eigenvalue weighted by Gasteiger charge is -2.29. The van der Waals surface area contributed by atoms with Gasteiger partial charge in [0.25, 0.3) is 5.91 Å². The largest absolute Gasteiger partial charge is 0.399 e. The maximum atomic E-state index is 11.6. The van der Waals surface area contributed by atoms with Crippen LogP contribution in [0, 0.1) is 5.92 Å². The fourth-order valence-corrected chi connectivity index (χ4v) is 2.09. The number of likely N-dealkylation sites (N-methyl/N-ethyl adjacent to an activating group) is 1. The molecule has 0 unspecified atom stereocenters. The summed E-state index contributed by atoms with van der Waals surface area (Å²) in [7, 11) is 4.06. The van der Waals surface area contributed by atoms with Crippen molar-refractivity contribution < 1.29 is 4.79 Å². The number of rotatable bonds is 7. The Bertz CT molecular complexity index is 457. The highest BCUT2D eigenvalue weighted by Gasteiger charge is 2.16. The molecule has 20 heavy (non-hydrogen) atoms. The smallest absolute Gasteiger partial charge is 0.250 e. The van der Waals surface area contributed by atoms with Gasteiger partial charge in [0.2, 0.25) is 0 Å². The highest BCUT2D eigenvalue weighted by molar-refractivity contribution is 5.99. The van der Waals surface area contributed by atoms with Crippen molar-refractivity contribution in [3.05, 3.63) is 23.8 Å². The van der Waals surface area contributed by atoms with E-state index in [0.29, 0.717) is 17.2 Å². The number of nitrogen functional groups attached to an aromatic ring is 1. The number of carbonyl (C=O) groups excluding carboxylic acids is 1. The summed E-state index contributed by atoms with van der Waals surface area (Å²) in [6.07, 6.45) is 0. The third kappa shape index (κ3) is 4.74. The van der Waals surface area contributed by atoms with Gasteiger partial charge >= 0.3 is 0 Å². The summed E-state index contributed by atoms with van der Waals surface area (Å²) in [5.41, 5.74) is 13.3. The Morgan fingerprint density at radius 1 is 1.25 bits per heavy atom. The van der Waals surface area contributed by atoms with E-state index in [4.69, 9.17) is 11.5 Å². The normalized spacial score (nSPS) is 11.1. The van der Waals surface area contributed by atoms with Crippen molar-refractivity contribution in [3.8, 4) is 0 Å². The first kappa shape index (κ1) is 16.3. The zero-order valence-corrected chi connectivity index (χ0v) is 12.9. The highest BCUT2D eigenvalue weighted by Crippen LogP contribution is 2.24. The van der Waals surface area contributed by atoms with E-state index >= 15 is 0 Å². The SMILES string of the molecule is CC(C)CN(CCN(C)C)c1cc(N)ccc1C(N)=O. The Balaban J connectivity index is 3.10. The number of benzene rings is 1. The molecule has 1 rings (SSSR count). The molecule has 0 saturated carbocycles. The van der Waals surface area contributed by atoms with Gasteiger partial charge in [-0.25, -0.2) is 0 Å². The first-order valence-corrected chi connectivity index (χ1v) is 6.90. The van der Waals surface area contributed by atoms with Crippen molar-refractivity contribution in [1.29, 1.82) is 0 Å². The lowest BCUT2D eigenvalue weighted by molar-refractivity contribution is 0.100. The van der Waals surface area contributed by atoms with E-state index in [-0.39, 0.29) is 0 Å². The van der Waals surface area contributed by atoms with Crippen LogP contribution in [0.25, 0.3) is 0 Å². The summed E-state index contributed by atoms with van der Waals surface area (Å²) in [5, 5.41) is 0. The number of carbonyl (C=O) groups is 1. The van der Waals surface area contributed by atoms with Crippen molar-refractivity contribution in [3.63, 3.8) is 0 Å². The van der Waals surface area contributed by atoms with Crippen LogP contribution in [-0.4, -0.2) is 44.5 Å². The summed E-state index contributed by atoms with van der Waals surface area (Å²) in [6.45, 7) is 6.89. The second-order valence-corrected chi connectivity index (χ2v) is 5.78. The molecule has 0 radical (unpaired) electrons. The molecule has 0 saturated heterocycles. The van der Waals surface area contributed by atoms with E-state index in [9.17, 15) is 4.79 Å². The van der Waals surface area contributed by atoms with Gasteiger partial charge in [-0.2, -0.15) is 0 Å². The molecule has 5 nitrogen and oxygen atoms in total. The first-order valence-electron chi connectivity index (χ1n) is 6.90. The van der Waals surface area contributed by atoms with E-state index in [0.717, 1.165) is 25.3 Å². The topological polar surface area (TPSA) is 75.6 Å². The molecule has 112 valence electrons. The van der Waals surface area contributed by atoms with Crippen LogP contribution in [0.3, 0.4) is 0 Å². The minimum Gasteiger partial charge on any atom is -0.399 e. The Morgan fingerprint density at radius 2 is 1.90 bits per heavy atom. The number of amides is 1. The van der Waals surface area contributed by atoms with Crippen LogP contribution in [0.5, 0.6) is 0 Å². The summed E-state index contributed by atoms with van der Waals surface area (Å²) in [6, 6.07) is 5.25. The minimum absolute atomic E-state index is 0.418. The quantitative estimate of drug-likeness (QED) is 0.739. The summed E-state index contributed by atoms with van der Waals surface area (Å²) >= 11 is 0. The molecular weight excluding hydrogens is 252 g/mol. The summed E-state index contributed by atoms with van der Waals surface area (Å²) in [4.78, 5) is 15.9. The fourth-order valence-electron chi connectivity index (χ4n) is 2.09. The van der Waals surface area contributed by atoms with Gasteiger partial charge in [-0.15, -0.1) is 0 Å². The predicted octanol–water partition coefficient (Wildman–Crippen LogP) is 1.39. The number of primary amides is 1. The predicted molar refractivity (Wildman–Crippen MR) is 85.0 cm³/mol. The molecule has 1 aromatic carbocycles. The van der Waals surface area contributed by atoms with Gasteiger partial charge < -0.3 is 21.3 Å². The zero-order chi connectivity index (χ0) is 15.3.